The molecule has 0 bridgehead atoms. The van der Waals surface area contributed by atoms with Gasteiger partial charge >= 0.3 is 0 Å². The van der Waals surface area contributed by atoms with E-state index in [1.54, 1.807) is 0 Å². The van der Waals surface area contributed by atoms with Crippen molar-refractivity contribution >= 4 is 22.6 Å². The van der Waals surface area contributed by atoms with Gasteiger partial charge in [-0.3, -0.25) is 0 Å². The Labute approximate surface area is 197 Å². The van der Waals surface area contributed by atoms with Crippen LogP contribution in [0.4, 0.5) is 0 Å². The summed E-state index contributed by atoms with van der Waals surface area (Å²) in [5.74, 6) is 4.21. The van der Waals surface area contributed by atoms with Gasteiger partial charge in [-0.2, -0.15) is 0 Å². The van der Waals surface area contributed by atoms with Crippen LogP contribution in [-0.2, 0) is 9.47 Å². The molecule has 0 aliphatic carbocycles. The molecule has 0 heterocycles. The van der Waals surface area contributed by atoms with Crippen LogP contribution in [0.1, 0.15) is 113 Å². The fraction of sp³-hybridized carbons (Fsp3) is 1.00. The third-order valence-electron chi connectivity index (χ3n) is 5.99. The van der Waals surface area contributed by atoms with E-state index in [2.05, 4.69) is 71.1 Å². The van der Waals surface area contributed by atoms with Crippen molar-refractivity contribution in [3.8, 4) is 0 Å². The highest BCUT2D eigenvalue weighted by Crippen LogP contribution is 2.29. The smallest absolute Gasteiger partial charge is 0.146 e. The van der Waals surface area contributed by atoms with Gasteiger partial charge in [0.25, 0.3) is 0 Å². The Balaban J connectivity index is 3.74. The molecule has 3 heteroatoms. The van der Waals surface area contributed by atoms with E-state index in [9.17, 15) is 0 Å². The highest BCUT2D eigenvalue weighted by molar-refractivity contribution is 14.1. The molecule has 0 aromatic heterocycles. The molecule has 6 unspecified atom stereocenters. The summed E-state index contributed by atoms with van der Waals surface area (Å²) in [5, 5.41) is 0. The zero-order chi connectivity index (χ0) is 22.1. The van der Waals surface area contributed by atoms with Crippen LogP contribution >= 0.6 is 22.6 Å². The molecule has 0 aromatic carbocycles. The molecule has 0 saturated carbocycles. The van der Waals surface area contributed by atoms with Gasteiger partial charge in [0.15, 0.2) is 0 Å². The Morgan fingerprint density at radius 3 is 1.52 bits per heavy atom. The molecule has 0 N–H and O–H groups in total. The van der Waals surface area contributed by atoms with Crippen molar-refractivity contribution in [1.29, 1.82) is 0 Å². The number of ether oxygens (including phenoxy) is 2. The van der Waals surface area contributed by atoms with E-state index in [0.29, 0.717) is 6.79 Å². The molecule has 0 radical (unpaired) electrons. The average Bonchev–Trinajstić information content (AvgIpc) is 2.58. The SMILES string of the molecule is CCCCCOCOCCCC(C)CC(C)CC(C)CC(C)CC(C)CC(C)I. The van der Waals surface area contributed by atoms with Crippen molar-refractivity contribution in [2.75, 3.05) is 20.0 Å². The van der Waals surface area contributed by atoms with E-state index >= 15 is 0 Å². The van der Waals surface area contributed by atoms with Gasteiger partial charge in [-0.25, -0.2) is 0 Å². The lowest BCUT2D eigenvalue weighted by Crippen LogP contribution is -2.13. The number of unbranched alkanes of at least 4 members (excludes halogenated alkanes) is 2. The minimum atomic E-state index is 0.472. The van der Waals surface area contributed by atoms with E-state index in [-0.39, 0.29) is 0 Å². The van der Waals surface area contributed by atoms with Crippen LogP contribution in [0.2, 0.25) is 0 Å². The molecule has 6 atom stereocenters. The number of halogens is 1. The topological polar surface area (TPSA) is 18.5 Å². The minimum Gasteiger partial charge on any atom is -0.355 e. The average molecular weight is 525 g/mol. The zero-order valence-electron chi connectivity index (χ0n) is 20.9. The molecule has 0 spiro atoms. The normalized spacial score (nSPS) is 18.2. The van der Waals surface area contributed by atoms with E-state index < -0.39 is 0 Å². The largest absolute Gasteiger partial charge is 0.355 e. The fourth-order valence-corrected chi connectivity index (χ4v) is 5.84. The maximum Gasteiger partial charge on any atom is 0.146 e. The van der Waals surface area contributed by atoms with Crippen molar-refractivity contribution in [1.82, 2.24) is 0 Å². The molecule has 29 heavy (non-hydrogen) atoms. The third kappa shape index (κ3) is 20.3. The van der Waals surface area contributed by atoms with Crippen LogP contribution in [-0.4, -0.2) is 23.9 Å². The van der Waals surface area contributed by atoms with Gasteiger partial charge < -0.3 is 9.47 Å². The lowest BCUT2D eigenvalue weighted by Gasteiger charge is -2.24. The highest BCUT2D eigenvalue weighted by Gasteiger charge is 2.17. The maximum atomic E-state index is 5.61. The van der Waals surface area contributed by atoms with E-state index in [1.165, 1.54) is 51.4 Å². The van der Waals surface area contributed by atoms with Gasteiger partial charge in [-0.15, -0.1) is 0 Å². The predicted octanol–water partition coefficient (Wildman–Crippen LogP) is 8.90. The summed E-state index contributed by atoms with van der Waals surface area (Å²) in [6.07, 6.45) is 13.0. The molecule has 2 nitrogen and oxygen atoms in total. The molecular formula is C26H53IO2. The Morgan fingerprint density at radius 2 is 1.03 bits per heavy atom. The fourth-order valence-electron chi connectivity index (χ4n) is 4.97. The first-order valence-electron chi connectivity index (χ1n) is 12.5. The van der Waals surface area contributed by atoms with Crippen LogP contribution in [0.3, 0.4) is 0 Å². The second kappa shape index (κ2) is 19.3. The standard InChI is InChI=1S/C26H53IO2/c1-8-9-10-13-28-20-29-14-11-12-21(2)15-22(3)16-23(4)17-24(5)18-25(6)19-26(7)27/h21-26H,8-20H2,1-7H3. The summed E-state index contributed by atoms with van der Waals surface area (Å²) in [6.45, 7) is 18.9. The van der Waals surface area contributed by atoms with Crippen molar-refractivity contribution in [2.45, 2.75) is 117 Å². The molecule has 0 rings (SSSR count). The lowest BCUT2D eigenvalue weighted by molar-refractivity contribution is -0.0561. The summed E-state index contributed by atoms with van der Waals surface area (Å²) >= 11 is 2.56. The molecular weight excluding hydrogens is 471 g/mol. The van der Waals surface area contributed by atoms with Gasteiger partial charge in [-0.1, -0.05) is 83.9 Å². The summed E-state index contributed by atoms with van der Waals surface area (Å²) in [7, 11) is 0. The Hall–Kier alpha value is 0.650. The van der Waals surface area contributed by atoms with Crippen LogP contribution in [0.5, 0.6) is 0 Å². The number of hydrogen-bond acceptors (Lipinski definition) is 2. The van der Waals surface area contributed by atoms with Gasteiger partial charge in [0, 0.05) is 17.1 Å². The first-order valence-corrected chi connectivity index (χ1v) is 13.8. The molecule has 0 amide bonds. The van der Waals surface area contributed by atoms with Crippen LogP contribution in [0.15, 0.2) is 0 Å². The predicted molar refractivity (Wildman–Crippen MR) is 138 cm³/mol. The Kier molecular flexibility index (Phi) is 19.8. The first kappa shape index (κ1) is 29.7. The van der Waals surface area contributed by atoms with Gasteiger partial charge in [0.1, 0.15) is 6.79 Å². The summed E-state index contributed by atoms with van der Waals surface area (Å²) < 4.78 is 11.9. The van der Waals surface area contributed by atoms with Crippen molar-refractivity contribution in [3.05, 3.63) is 0 Å². The molecule has 0 aromatic rings. The quantitative estimate of drug-likeness (QED) is 0.0685. The van der Waals surface area contributed by atoms with Crippen LogP contribution in [0.25, 0.3) is 0 Å². The highest BCUT2D eigenvalue weighted by atomic mass is 127. The van der Waals surface area contributed by atoms with Crippen LogP contribution < -0.4 is 0 Å². The summed E-state index contributed by atoms with van der Waals surface area (Å²) in [6, 6.07) is 0. The lowest BCUT2D eigenvalue weighted by atomic mass is 9.82. The molecule has 176 valence electrons. The second-order valence-corrected chi connectivity index (χ2v) is 12.4. The molecule has 0 saturated heterocycles. The van der Waals surface area contributed by atoms with Crippen molar-refractivity contribution < 1.29 is 9.47 Å². The van der Waals surface area contributed by atoms with E-state index in [4.69, 9.17) is 9.47 Å². The monoisotopic (exact) mass is 524 g/mol. The van der Waals surface area contributed by atoms with E-state index in [1.807, 2.05) is 0 Å². The van der Waals surface area contributed by atoms with Crippen molar-refractivity contribution in [3.63, 3.8) is 0 Å². The first-order chi connectivity index (χ1) is 13.7. The van der Waals surface area contributed by atoms with Gasteiger partial charge in [-0.05, 0) is 81.0 Å². The summed E-state index contributed by atoms with van der Waals surface area (Å²) in [4.78, 5) is 0. The van der Waals surface area contributed by atoms with E-state index in [0.717, 1.165) is 59.6 Å². The number of rotatable bonds is 20. The zero-order valence-corrected chi connectivity index (χ0v) is 23.0. The number of hydrogen-bond donors (Lipinski definition) is 0. The third-order valence-corrected chi connectivity index (χ3v) is 6.50. The Bertz CT molecular complexity index is 348. The second-order valence-electron chi connectivity index (χ2n) is 10.3. The minimum absolute atomic E-state index is 0.472. The van der Waals surface area contributed by atoms with Gasteiger partial charge in [0.05, 0.1) is 0 Å². The number of alkyl halides is 1. The van der Waals surface area contributed by atoms with Crippen molar-refractivity contribution in [2.24, 2.45) is 29.6 Å². The Morgan fingerprint density at radius 1 is 0.586 bits per heavy atom. The molecule has 0 aliphatic heterocycles. The van der Waals surface area contributed by atoms with Crippen LogP contribution in [0, 0.1) is 29.6 Å². The molecule has 0 fully saturated rings. The molecule has 0 aliphatic rings. The van der Waals surface area contributed by atoms with Gasteiger partial charge in [0.2, 0.25) is 0 Å². The maximum absolute atomic E-state index is 5.61. The summed E-state index contributed by atoms with van der Waals surface area (Å²) in [5.41, 5.74) is 0.